The summed E-state index contributed by atoms with van der Waals surface area (Å²) in [7, 11) is 1.80. The van der Waals surface area contributed by atoms with Crippen LogP contribution < -0.4 is 5.56 Å². The van der Waals surface area contributed by atoms with Crippen LogP contribution in [-0.2, 0) is 32.9 Å². The van der Waals surface area contributed by atoms with Crippen molar-refractivity contribution in [3.63, 3.8) is 0 Å². The Balaban J connectivity index is 1.47. The van der Waals surface area contributed by atoms with Gasteiger partial charge in [-0.15, -0.1) is 0 Å². The van der Waals surface area contributed by atoms with E-state index in [1.807, 2.05) is 23.1 Å². The molecular weight excluding hydrogens is 352 g/mol. The van der Waals surface area contributed by atoms with Crippen molar-refractivity contribution in [2.24, 2.45) is 13.0 Å². The van der Waals surface area contributed by atoms with Gasteiger partial charge in [0, 0.05) is 25.8 Å². The zero-order valence-electron chi connectivity index (χ0n) is 16.5. The highest BCUT2D eigenvalue weighted by Crippen LogP contribution is 2.24. The average Bonchev–Trinajstić information content (AvgIpc) is 3.19. The summed E-state index contributed by atoms with van der Waals surface area (Å²) in [6.07, 6.45) is 5.99. The van der Waals surface area contributed by atoms with E-state index in [0.29, 0.717) is 24.6 Å². The van der Waals surface area contributed by atoms with Crippen LogP contribution >= 0.6 is 0 Å². The molecule has 5 nitrogen and oxygen atoms in total. The van der Waals surface area contributed by atoms with Crippen LogP contribution in [-0.4, -0.2) is 33.6 Å². The molecule has 1 aliphatic heterocycles. The third kappa shape index (κ3) is 3.63. The first-order valence-corrected chi connectivity index (χ1v) is 10.3. The molecule has 0 unspecified atom stereocenters. The fraction of sp³-hybridized carbons (Fsp3) is 0.478. The molecule has 148 valence electrons. The van der Waals surface area contributed by atoms with Crippen molar-refractivity contribution >= 4 is 5.91 Å². The van der Waals surface area contributed by atoms with Crippen LogP contribution in [0.1, 0.15) is 52.0 Å². The van der Waals surface area contributed by atoms with Crippen molar-refractivity contribution in [2.45, 2.75) is 45.1 Å². The van der Waals surface area contributed by atoms with Gasteiger partial charge in [-0.3, -0.25) is 9.59 Å². The molecule has 0 radical (unpaired) electrons. The molecule has 2 aromatic rings. The van der Waals surface area contributed by atoms with E-state index in [2.05, 4.69) is 12.1 Å². The van der Waals surface area contributed by atoms with Gasteiger partial charge in [0.2, 0.25) is 0 Å². The van der Waals surface area contributed by atoms with Crippen molar-refractivity contribution < 1.29 is 9.90 Å². The summed E-state index contributed by atoms with van der Waals surface area (Å²) in [4.78, 5) is 27.7. The number of amides is 1. The number of carbonyl (C=O) groups excluding carboxylic acids is 1. The van der Waals surface area contributed by atoms with Crippen molar-refractivity contribution in [3.05, 3.63) is 68.6 Å². The van der Waals surface area contributed by atoms with E-state index in [4.69, 9.17) is 5.11 Å². The number of rotatable bonds is 4. The molecule has 0 spiro atoms. The summed E-state index contributed by atoms with van der Waals surface area (Å²) in [5.74, 6) is 0.289. The van der Waals surface area contributed by atoms with E-state index in [0.717, 1.165) is 55.3 Å². The van der Waals surface area contributed by atoms with Crippen molar-refractivity contribution in [3.8, 4) is 0 Å². The number of aromatic nitrogens is 1. The Morgan fingerprint density at radius 3 is 2.61 bits per heavy atom. The number of nitrogens with zero attached hydrogens (tertiary/aromatic N) is 2. The normalized spacial score (nSPS) is 18.9. The van der Waals surface area contributed by atoms with Crippen LogP contribution in [0.15, 0.2) is 35.1 Å². The third-order valence-corrected chi connectivity index (χ3v) is 6.27. The Hall–Kier alpha value is -2.40. The topological polar surface area (TPSA) is 62.5 Å². The van der Waals surface area contributed by atoms with Gasteiger partial charge in [0.25, 0.3) is 11.5 Å². The van der Waals surface area contributed by atoms with Crippen molar-refractivity contribution in [1.82, 2.24) is 9.47 Å². The molecule has 2 heterocycles. The Morgan fingerprint density at radius 1 is 1.14 bits per heavy atom. The minimum atomic E-state index is -0.159. The fourth-order valence-corrected chi connectivity index (χ4v) is 4.61. The monoisotopic (exact) mass is 380 g/mol. The largest absolute Gasteiger partial charge is 0.392 e. The summed E-state index contributed by atoms with van der Waals surface area (Å²) in [6, 6.07) is 9.86. The molecule has 2 aliphatic rings. The van der Waals surface area contributed by atoms with Gasteiger partial charge in [-0.25, -0.2) is 0 Å². The molecule has 1 amide bonds. The second-order valence-electron chi connectivity index (χ2n) is 8.19. The molecule has 4 rings (SSSR count). The quantitative estimate of drug-likeness (QED) is 0.886. The molecule has 0 saturated carbocycles. The van der Waals surface area contributed by atoms with Gasteiger partial charge in [-0.1, -0.05) is 24.3 Å². The minimum absolute atomic E-state index is 0.0573. The second kappa shape index (κ2) is 7.92. The Labute approximate surface area is 165 Å². The van der Waals surface area contributed by atoms with Gasteiger partial charge in [0.15, 0.2) is 0 Å². The maximum Gasteiger partial charge on any atom is 0.263 e. The fourth-order valence-electron chi connectivity index (χ4n) is 4.61. The van der Waals surface area contributed by atoms with E-state index in [1.165, 1.54) is 5.56 Å². The SMILES string of the molecule is Cn1c2c(cc(C(=O)N3CC[C@H](Cc4ccc(CO)cc4)C3)c1=O)CCCC2. The highest BCUT2D eigenvalue weighted by molar-refractivity contribution is 5.94. The van der Waals surface area contributed by atoms with Gasteiger partial charge >= 0.3 is 0 Å². The Kier molecular flexibility index (Phi) is 5.36. The first kappa shape index (κ1) is 18.9. The van der Waals surface area contributed by atoms with E-state index < -0.39 is 0 Å². The molecule has 1 atom stereocenters. The van der Waals surface area contributed by atoms with Crippen LogP contribution in [0, 0.1) is 5.92 Å². The van der Waals surface area contributed by atoms with Crippen molar-refractivity contribution in [2.75, 3.05) is 13.1 Å². The Morgan fingerprint density at radius 2 is 1.86 bits per heavy atom. The number of hydrogen-bond donors (Lipinski definition) is 1. The standard InChI is InChI=1S/C23H28N2O3/c1-24-21-5-3-2-4-19(21)13-20(22(24)27)23(28)25-11-10-18(14-25)12-16-6-8-17(15-26)9-7-16/h6-9,13,18,26H,2-5,10-12,14-15H2,1H3/t18-/m1/s1. The van der Waals surface area contributed by atoms with Crippen LogP contribution in [0.2, 0.25) is 0 Å². The lowest BCUT2D eigenvalue weighted by Crippen LogP contribution is -2.36. The number of hydrogen-bond acceptors (Lipinski definition) is 3. The van der Waals surface area contributed by atoms with Gasteiger partial charge in [0.1, 0.15) is 5.56 Å². The minimum Gasteiger partial charge on any atom is -0.392 e. The summed E-state index contributed by atoms with van der Waals surface area (Å²) in [6.45, 7) is 1.46. The molecule has 1 fully saturated rings. The number of aryl methyl sites for hydroxylation is 1. The maximum absolute atomic E-state index is 13.1. The van der Waals surface area contributed by atoms with E-state index in [9.17, 15) is 9.59 Å². The number of carbonyl (C=O) groups is 1. The smallest absolute Gasteiger partial charge is 0.263 e. The van der Waals surface area contributed by atoms with E-state index in [-0.39, 0.29) is 18.1 Å². The zero-order valence-corrected chi connectivity index (χ0v) is 16.5. The molecule has 5 heteroatoms. The first-order valence-electron chi connectivity index (χ1n) is 10.3. The van der Waals surface area contributed by atoms with Gasteiger partial charge in [0.05, 0.1) is 6.61 Å². The average molecular weight is 380 g/mol. The van der Waals surface area contributed by atoms with Crippen LogP contribution in [0.3, 0.4) is 0 Å². The molecule has 1 aromatic carbocycles. The second-order valence-corrected chi connectivity index (χ2v) is 8.19. The first-order chi connectivity index (χ1) is 13.6. The summed E-state index contributed by atoms with van der Waals surface area (Å²) in [5.41, 5.74) is 4.57. The Bertz CT molecular complexity index is 930. The molecule has 1 N–H and O–H groups in total. The third-order valence-electron chi connectivity index (χ3n) is 6.27. The molecule has 28 heavy (non-hydrogen) atoms. The van der Waals surface area contributed by atoms with Crippen LogP contribution in [0.4, 0.5) is 0 Å². The van der Waals surface area contributed by atoms with Gasteiger partial charge < -0.3 is 14.6 Å². The van der Waals surface area contributed by atoms with Gasteiger partial charge in [-0.05, 0) is 67.2 Å². The summed E-state index contributed by atoms with van der Waals surface area (Å²) in [5, 5.41) is 9.16. The van der Waals surface area contributed by atoms with E-state index in [1.54, 1.807) is 11.6 Å². The lowest BCUT2D eigenvalue weighted by molar-refractivity contribution is 0.0784. The molecule has 1 aliphatic carbocycles. The highest BCUT2D eigenvalue weighted by Gasteiger charge is 2.29. The number of aliphatic hydroxyl groups excluding tert-OH is 1. The van der Waals surface area contributed by atoms with Crippen LogP contribution in [0.25, 0.3) is 0 Å². The number of likely N-dealkylation sites (tertiary alicyclic amines) is 1. The zero-order chi connectivity index (χ0) is 19.7. The van der Waals surface area contributed by atoms with Crippen LogP contribution in [0.5, 0.6) is 0 Å². The molecule has 1 saturated heterocycles. The lowest BCUT2D eigenvalue weighted by atomic mass is 9.94. The predicted molar refractivity (Wildman–Crippen MR) is 108 cm³/mol. The number of aliphatic hydroxyl groups is 1. The highest BCUT2D eigenvalue weighted by atomic mass is 16.3. The van der Waals surface area contributed by atoms with E-state index >= 15 is 0 Å². The summed E-state index contributed by atoms with van der Waals surface area (Å²) < 4.78 is 1.69. The maximum atomic E-state index is 13.1. The van der Waals surface area contributed by atoms with Crippen molar-refractivity contribution in [1.29, 1.82) is 0 Å². The number of fused-ring (bicyclic) bond motifs is 1. The molecule has 1 aromatic heterocycles. The summed E-state index contributed by atoms with van der Waals surface area (Å²) >= 11 is 0. The molecule has 0 bridgehead atoms. The lowest BCUT2D eigenvalue weighted by Gasteiger charge is -2.22. The predicted octanol–water partition coefficient (Wildman–Crippen LogP) is 2.46. The molecular formula is C23H28N2O3. The number of benzene rings is 1. The van der Waals surface area contributed by atoms with Gasteiger partial charge in [-0.2, -0.15) is 0 Å². The number of pyridine rings is 1.